The molecule has 1 N–H and O–H groups in total. The van der Waals surface area contributed by atoms with E-state index >= 15 is 0 Å². The molecular formula is C18H20N4O3S. The van der Waals surface area contributed by atoms with Crippen molar-refractivity contribution in [2.24, 2.45) is 11.0 Å². The molecule has 136 valence electrons. The van der Waals surface area contributed by atoms with Gasteiger partial charge in [0.05, 0.1) is 16.8 Å². The van der Waals surface area contributed by atoms with Crippen molar-refractivity contribution in [1.82, 2.24) is 14.7 Å². The Bertz CT molecular complexity index is 862. The van der Waals surface area contributed by atoms with Crippen molar-refractivity contribution in [3.05, 3.63) is 60.4 Å². The minimum absolute atomic E-state index is 0.200. The van der Waals surface area contributed by atoms with Crippen LogP contribution < -0.4 is 5.43 Å². The number of amides is 1. The van der Waals surface area contributed by atoms with Crippen LogP contribution in [0.3, 0.4) is 0 Å². The average Bonchev–Trinajstić information content (AvgIpc) is 2.69. The Kier molecular flexibility index (Phi) is 5.75. The maximum atomic E-state index is 12.6. The fourth-order valence-electron chi connectivity index (χ4n) is 2.81. The first-order valence-corrected chi connectivity index (χ1v) is 9.80. The lowest BCUT2D eigenvalue weighted by Crippen LogP contribution is -2.42. The second-order valence-corrected chi connectivity index (χ2v) is 7.92. The van der Waals surface area contributed by atoms with Crippen LogP contribution in [0, 0.1) is 5.92 Å². The Balaban J connectivity index is 1.53. The van der Waals surface area contributed by atoms with E-state index in [0.717, 1.165) is 0 Å². The zero-order chi connectivity index (χ0) is 18.4. The first-order valence-electron chi connectivity index (χ1n) is 8.36. The van der Waals surface area contributed by atoms with Gasteiger partial charge in [-0.1, -0.05) is 24.3 Å². The van der Waals surface area contributed by atoms with Gasteiger partial charge in [-0.3, -0.25) is 9.78 Å². The number of rotatable bonds is 5. The fourth-order valence-corrected chi connectivity index (χ4v) is 4.30. The molecule has 0 atom stereocenters. The molecule has 1 aliphatic rings. The standard InChI is InChI=1S/C18H20N4O3S/c23-18(21-20-14-16-6-4-5-11-19-16)15-9-12-22(13-10-15)26(24,25)17-7-2-1-3-8-17/h1-8,11,14-15H,9-10,12-13H2,(H,21,23)/b20-14-. The summed E-state index contributed by atoms with van der Waals surface area (Å²) in [6.07, 6.45) is 4.06. The predicted molar refractivity (Wildman–Crippen MR) is 97.9 cm³/mol. The van der Waals surface area contributed by atoms with Gasteiger partial charge in [-0.15, -0.1) is 0 Å². The molecule has 2 aromatic rings. The molecule has 1 fully saturated rings. The quantitative estimate of drug-likeness (QED) is 0.638. The molecule has 1 aromatic heterocycles. The van der Waals surface area contributed by atoms with E-state index in [9.17, 15) is 13.2 Å². The summed E-state index contributed by atoms with van der Waals surface area (Å²) in [6.45, 7) is 0.637. The van der Waals surface area contributed by atoms with Crippen molar-refractivity contribution >= 4 is 22.1 Å². The lowest BCUT2D eigenvalue weighted by atomic mass is 9.98. The number of carbonyl (C=O) groups is 1. The van der Waals surface area contributed by atoms with Gasteiger partial charge in [-0.25, -0.2) is 13.8 Å². The minimum Gasteiger partial charge on any atom is -0.273 e. The van der Waals surface area contributed by atoms with Crippen LogP contribution in [0.5, 0.6) is 0 Å². The van der Waals surface area contributed by atoms with Crippen molar-refractivity contribution in [1.29, 1.82) is 0 Å². The Morgan fingerprint density at radius 1 is 1.12 bits per heavy atom. The molecule has 1 aliphatic heterocycles. The molecule has 1 amide bonds. The van der Waals surface area contributed by atoms with E-state index in [2.05, 4.69) is 15.5 Å². The van der Waals surface area contributed by atoms with Crippen LogP contribution >= 0.6 is 0 Å². The van der Waals surface area contributed by atoms with Crippen LogP contribution in [0.2, 0.25) is 0 Å². The van der Waals surface area contributed by atoms with E-state index in [1.54, 1.807) is 48.7 Å². The molecule has 7 nitrogen and oxygen atoms in total. The lowest BCUT2D eigenvalue weighted by molar-refractivity contribution is -0.126. The molecule has 8 heteroatoms. The van der Waals surface area contributed by atoms with Crippen LogP contribution in [-0.4, -0.2) is 42.9 Å². The molecule has 0 aliphatic carbocycles. The van der Waals surface area contributed by atoms with Crippen molar-refractivity contribution in [2.75, 3.05) is 13.1 Å². The maximum absolute atomic E-state index is 12.6. The van der Waals surface area contributed by atoms with E-state index in [1.807, 2.05) is 6.07 Å². The van der Waals surface area contributed by atoms with Gasteiger partial charge in [0.15, 0.2) is 0 Å². The maximum Gasteiger partial charge on any atom is 0.243 e. The number of nitrogens with one attached hydrogen (secondary N) is 1. The van der Waals surface area contributed by atoms with Crippen molar-refractivity contribution in [3.8, 4) is 0 Å². The highest BCUT2D eigenvalue weighted by molar-refractivity contribution is 7.89. The number of benzene rings is 1. The smallest absolute Gasteiger partial charge is 0.243 e. The second kappa shape index (κ2) is 8.20. The number of hydrazone groups is 1. The molecule has 0 unspecified atom stereocenters. The number of hydrogen-bond acceptors (Lipinski definition) is 5. The Hall–Kier alpha value is -2.58. The molecule has 1 saturated heterocycles. The predicted octanol–water partition coefficient (Wildman–Crippen LogP) is 1.63. The SMILES string of the molecule is O=C(N/N=C\c1ccccn1)C1CCN(S(=O)(=O)c2ccccc2)CC1. The van der Waals surface area contributed by atoms with Crippen LogP contribution in [0.4, 0.5) is 0 Å². The number of carbonyl (C=O) groups excluding carboxylic acids is 1. The van der Waals surface area contributed by atoms with E-state index in [0.29, 0.717) is 31.6 Å². The summed E-state index contributed by atoms with van der Waals surface area (Å²) in [5.41, 5.74) is 3.16. The fraction of sp³-hybridized carbons (Fsp3) is 0.278. The van der Waals surface area contributed by atoms with Gasteiger partial charge < -0.3 is 0 Å². The summed E-state index contributed by atoms with van der Waals surface area (Å²) in [7, 11) is -3.50. The molecule has 2 heterocycles. The summed E-state index contributed by atoms with van der Waals surface area (Å²) >= 11 is 0. The number of pyridine rings is 1. The van der Waals surface area contributed by atoms with Crippen LogP contribution in [0.25, 0.3) is 0 Å². The molecule has 1 aromatic carbocycles. The van der Waals surface area contributed by atoms with Gasteiger partial charge in [0.1, 0.15) is 0 Å². The molecular weight excluding hydrogens is 352 g/mol. The monoisotopic (exact) mass is 372 g/mol. The normalized spacial score (nSPS) is 16.6. The number of nitrogens with zero attached hydrogens (tertiary/aromatic N) is 3. The summed E-state index contributed by atoms with van der Waals surface area (Å²) in [5, 5.41) is 3.91. The van der Waals surface area contributed by atoms with Crippen LogP contribution in [-0.2, 0) is 14.8 Å². The third-order valence-electron chi connectivity index (χ3n) is 4.27. The average molecular weight is 372 g/mol. The van der Waals surface area contributed by atoms with Gasteiger partial charge in [0.25, 0.3) is 0 Å². The first-order chi connectivity index (χ1) is 12.6. The van der Waals surface area contributed by atoms with Crippen molar-refractivity contribution in [2.45, 2.75) is 17.7 Å². The highest BCUT2D eigenvalue weighted by atomic mass is 32.2. The molecule has 26 heavy (non-hydrogen) atoms. The largest absolute Gasteiger partial charge is 0.273 e. The van der Waals surface area contributed by atoms with Gasteiger partial charge in [0.2, 0.25) is 15.9 Å². The minimum atomic E-state index is -3.50. The van der Waals surface area contributed by atoms with Gasteiger partial charge in [-0.05, 0) is 37.1 Å². The molecule has 3 rings (SSSR count). The van der Waals surface area contributed by atoms with Crippen molar-refractivity contribution < 1.29 is 13.2 Å². The van der Waals surface area contributed by atoms with E-state index in [1.165, 1.54) is 10.5 Å². The Morgan fingerprint density at radius 3 is 2.46 bits per heavy atom. The molecule has 0 spiro atoms. The summed E-state index contributed by atoms with van der Waals surface area (Å²) in [6, 6.07) is 13.8. The number of aromatic nitrogens is 1. The van der Waals surface area contributed by atoms with E-state index in [-0.39, 0.29) is 16.7 Å². The van der Waals surface area contributed by atoms with E-state index in [4.69, 9.17) is 0 Å². The Morgan fingerprint density at radius 2 is 1.81 bits per heavy atom. The number of hydrogen-bond donors (Lipinski definition) is 1. The highest BCUT2D eigenvalue weighted by Crippen LogP contribution is 2.23. The molecule has 0 radical (unpaired) electrons. The third kappa shape index (κ3) is 4.33. The molecule has 0 bridgehead atoms. The first kappa shape index (κ1) is 18.2. The van der Waals surface area contributed by atoms with Crippen LogP contribution in [0.1, 0.15) is 18.5 Å². The molecule has 0 saturated carbocycles. The topological polar surface area (TPSA) is 91.7 Å². The second-order valence-electron chi connectivity index (χ2n) is 5.98. The Labute approximate surface area is 152 Å². The zero-order valence-electron chi connectivity index (χ0n) is 14.2. The zero-order valence-corrected chi connectivity index (χ0v) is 15.0. The van der Waals surface area contributed by atoms with Gasteiger partial charge in [0, 0.05) is 25.2 Å². The third-order valence-corrected chi connectivity index (χ3v) is 6.18. The summed E-state index contributed by atoms with van der Waals surface area (Å²) in [5.74, 6) is -0.452. The number of piperidine rings is 1. The van der Waals surface area contributed by atoms with E-state index < -0.39 is 10.0 Å². The lowest BCUT2D eigenvalue weighted by Gasteiger charge is -2.30. The van der Waals surface area contributed by atoms with Gasteiger partial charge >= 0.3 is 0 Å². The van der Waals surface area contributed by atoms with Crippen molar-refractivity contribution in [3.63, 3.8) is 0 Å². The highest BCUT2D eigenvalue weighted by Gasteiger charge is 2.31. The van der Waals surface area contributed by atoms with Crippen LogP contribution in [0.15, 0.2) is 64.7 Å². The number of sulfonamides is 1. The summed E-state index contributed by atoms with van der Waals surface area (Å²) < 4.78 is 26.6. The summed E-state index contributed by atoms with van der Waals surface area (Å²) in [4.78, 5) is 16.6. The van der Waals surface area contributed by atoms with Gasteiger partial charge in [-0.2, -0.15) is 9.41 Å².